The zero-order valence-corrected chi connectivity index (χ0v) is 16.0. The molecule has 25 heavy (non-hydrogen) atoms. The summed E-state index contributed by atoms with van der Waals surface area (Å²) in [5, 5.41) is 8.09. The zero-order chi connectivity index (χ0) is 16.8. The molecule has 2 aromatic rings. The number of piperazine rings is 1. The van der Waals surface area contributed by atoms with Gasteiger partial charge in [-0.1, -0.05) is 6.07 Å². The van der Waals surface area contributed by atoms with Gasteiger partial charge < -0.3 is 15.5 Å². The number of carbonyl (C=O) groups is 2. The summed E-state index contributed by atoms with van der Waals surface area (Å²) in [5.74, 6) is 0.374. The molecule has 0 radical (unpaired) electrons. The van der Waals surface area contributed by atoms with Crippen molar-refractivity contribution in [2.24, 2.45) is 0 Å². The van der Waals surface area contributed by atoms with Gasteiger partial charge in [-0.25, -0.2) is 0 Å². The van der Waals surface area contributed by atoms with E-state index in [4.69, 9.17) is 0 Å². The van der Waals surface area contributed by atoms with Crippen LogP contribution in [0.1, 0.15) is 10.4 Å². The van der Waals surface area contributed by atoms with E-state index >= 15 is 0 Å². The van der Waals surface area contributed by atoms with Crippen LogP contribution < -0.4 is 10.6 Å². The Morgan fingerprint density at radius 3 is 2.52 bits per heavy atom. The predicted octanol–water partition coefficient (Wildman–Crippen LogP) is 2.95. The maximum atomic E-state index is 12.4. The van der Waals surface area contributed by atoms with E-state index in [1.165, 1.54) is 11.8 Å². The van der Waals surface area contributed by atoms with Crippen LogP contribution in [0.15, 0.2) is 46.0 Å². The predicted molar refractivity (Wildman–Crippen MR) is 106 cm³/mol. The fraction of sp³-hybridized carbons (Fsp3) is 0.294. The van der Waals surface area contributed by atoms with Crippen molar-refractivity contribution >= 4 is 53.0 Å². The molecule has 8 heteroatoms. The monoisotopic (exact) mass is 397 g/mol. The summed E-state index contributed by atoms with van der Waals surface area (Å²) in [6.07, 6.45) is 0. The zero-order valence-electron chi connectivity index (χ0n) is 13.6. The smallest absolute Gasteiger partial charge is 0.253 e. The fourth-order valence-corrected chi connectivity index (χ4v) is 4.01. The highest BCUT2D eigenvalue weighted by molar-refractivity contribution is 8.01. The second-order valence-electron chi connectivity index (χ2n) is 5.39. The van der Waals surface area contributed by atoms with E-state index in [0.717, 1.165) is 30.4 Å². The van der Waals surface area contributed by atoms with Crippen molar-refractivity contribution in [2.75, 3.05) is 37.2 Å². The minimum absolute atomic E-state index is 0. The van der Waals surface area contributed by atoms with Gasteiger partial charge in [-0.15, -0.1) is 35.5 Å². The molecule has 3 rings (SSSR count). The summed E-state index contributed by atoms with van der Waals surface area (Å²) in [6, 6.07) is 11.1. The largest absolute Gasteiger partial charge is 0.336 e. The Balaban J connectivity index is 0.00000225. The summed E-state index contributed by atoms with van der Waals surface area (Å²) in [4.78, 5) is 26.2. The minimum Gasteiger partial charge on any atom is -0.336 e. The molecule has 1 saturated heterocycles. The van der Waals surface area contributed by atoms with Gasteiger partial charge in [0, 0.05) is 37.4 Å². The molecule has 0 saturated carbocycles. The maximum absolute atomic E-state index is 12.4. The number of nitrogens with zero attached hydrogens (tertiary/aromatic N) is 1. The lowest BCUT2D eigenvalue weighted by Gasteiger charge is -2.27. The Labute approximate surface area is 161 Å². The molecule has 134 valence electrons. The molecular weight excluding hydrogens is 378 g/mol. The van der Waals surface area contributed by atoms with Gasteiger partial charge in [-0.2, -0.15) is 0 Å². The third kappa shape index (κ3) is 5.74. The first kappa shape index (κ1) is 19.8. The number of amides is 2. The molecule has 1 fully saturated rings. The number of rotatable bonds is 5. The molecule has 0 spiro atoms. The van der Waals surface area contributed by atoms with Crippen LogP contribution in [0.5, 0.6) is 0 Å². The summed E-state index contributed by atoms with van der Waals surface area (Å²) in [5.41, 5.74) is 1.37. The number of thiophene rings is 1. The van der Waals surface area contributed by atoms with E-state index in [0.29, 0.717) is 17.0 Å². The van der Waals surface area contributed by atoms with Crippen molar-refractivity contribution in [3.8, 4) is 0 Å². The van der Waals surface area contributed by atoms with Gasteiger partial charge >= 0.3 is 0 Å². The van der Waals surface area contributed by atoms with Crippen LogP contribution >= 0.6 is 35.5 Å². The van der Waals surface area contributed by atoms with Crippen molar-refractivity contribution < 1.29 is 9.59 Å². The number of hydrogen-bond donors (Lipinski definition) is 2. The van der Waals surface area contributed by atoms with E-state index in [2.05, 4.69) is 10.6 Å². The second kappa shape index (κ2) is 9.82. The van der Waals surface area contributed by atoms with Gasteiger partial charge in [0.1, 0.15) is 0 Å². The average molecular weight is 398 g/mol. The molecule has 0 bridgehead atoms. The molecule has 2 heterocycles. The van der Waals surface area contributed by atoms with Gasteiger partial charge in [-0.3, -0.25) is 9.59 Å². The normalized spacial score (nSPS) is 13.8. The third-order valence-electron chi connectivity index (χ3n) is 3.66. The third-order valence-corrected chi connectivity index (χ3v) is 5.79. The average Bonchev–Trinajstić information content (AvgIpc) is 3.14. The Morgan fingerprint density at radius 2 is 1.88 bits per heavy atom. The number of benzene rings is 1. The van der Waals surface area contributed by atoms with Gasteiger partial charge in [0.05, 0.1) is 9.96 Å². The molecule has 0 unspecified atom stereocenters. The van der Waals surface area contributed by atoms with Crippen molar-refractivity contribution in [1.82, 2.24) is 10.2 Å². The van der Waals surface area contributed by atoms with Crippen LogP contribution in [-0.4, -0.2) is 48.6 Å². The van der Waals surface area contributed by atoms with Gasteiger partial charge in [0.15, 0.2) is 0 Å². The van der Waals surface area contributed by atoms with Crippen LogP contribution in [0, 0.1) is 0 Å². The Hall–Kier alpha value is -1.54. The number of hydrogen-bond acceptors (Lipinski definition) is 5. The molecule has 0 atom stereocenters. The van der Waals surface area contributed by atoms with Crippen LogP contribution in [0.25, 0.3) is 0 Å². The van der Waals surface area contributed by atoms with E-state index in [1.54, 1.807) is 35.6 Å². The molecule has 1 aromatic heterocycles. The summed E-state index contributed by atoms with van der Waals surface area (Å²) in [6.45, 7) is 3.14. The molecule has 2 amide bonds. The molecule has 1 aliphatic heterocycles. The van der Waals surface area contributed by atoms with Crippen molar-refractivity contribution in [3.05, 3.63) is 47.3 Å². The highest BCUT2D eigenvalue weighted by Gasteiger charge is 2.17. The molecule has 5 nitrogen and oxygen atoms in total. The minimum atomic E-state index is -0.0467. The lowest BCUT2D eigenvalue weighted by molar-refractivity contribution is -0.113. The molecular formula is C17H20ClN3O2S2. The highest BCUT2D eigenvalue weighted by atomic mass is 35.5. The summed E-state index contributed by atoms with van der Waals surface area (Å²) in [7, 11) is 0. The lowest BCUT2D eigenvalue weighted by atomic mass is 10.1. The van der Waals surface area contributed by atoms with Crippen molar-refractivity contribution in [2.45, 2.75) is 4.21 Å². The van der Waals surface area contributed by atoms with Crippen LogP contribution in [0.3, 0.4) is 0 Å². The van der Waals surface area contributed by atoms with E-state index in [9.17, 15) is 9.59 Å². The molecule has 0 aliphatic carbocycles. The van der Waals surface area contributed by atoms with Crippen molar-refractivity contribution in [1.29, 1.82) is 0 Å². The summed E-state index contributed by atoms with van der Waals surface area (Å²) < 4.78 is 1.13. The van der Waals surface area contributed by atoms with Crippen LogP contribution in [-0.2, 0) is 4.79 Å². The SMILES string of the molecule is Cl.O=C(CSc1cccs1)Nc1ccc(C(=O)N2CCNCC2)cc1. The number of carbonyl (C=O) groups excluding carboxylic acids is 2. The lowest BCUT2D eigenvalue weighted by Crippen LogP contribution is -2.46. The Kier molecular flexibility index (Phi) is 7.77. The first-order chi connectivity index (χ1) is 11.7. The highest BCUT2D eigenvalue weighted by Crippen LogP contribution is 2.23. The Morgan fingerprint density at radius 1 is 1.16 bits per heavy atom. The van der Waals surface area contributed by atoms with Crippen molar-refractivity contribution in [3.63, 3.8) is 0 Å². The second-order valence-corrected chi connectivity index (χ2v) is 7.61. The maximum Gasteiger partial charge on any atom is 0.253 e. The number of halogens is 1. The quantitative estimate of drug-likeness (QED) is 0.761. The summed E-state index contributed by atoms with van der Waals surface area (Å²) >= 11 is 3.15. The first-order valence-electron chi connectivity index (χ1n) is 7.78. The standard InChI is InChI=1S/C17H19N3O2S2.ClH/c21-15(12-24-16-2-1-11-23-16)19-14-5-3-13(4-6-14)17(22)20-9-7-18-8-10-20;/h1-6,11,18H,7-10,12H2,(H,19,21);1H. The fourth-order valence-electron chi connectivity index (χ4n) is 2.43. The van der Waals surface area contributed by atoms with Gasteiger partial charge in [0.2, 0.25) is 5.91 Å². The van der Waals surface area contributed by atoms with E-state index in [-0.39, 0.29) is 24.2 Å². The molecule has 1 aromatic carbocycles. The first-order valence-corrected chi connectivity index (χ1v) is 9.65. The number of nitrogens with one attached hydrogen (secondary N) is 2. The van der Waals surface area contributed by atoms with E-state index < -0.39 is 0 Å². The molecule has 2 N–H and O–H groups in total. The number of thioether (sulfide) groups is 1. The number of anilines is 1. The van der Waals surface area contributed by atoms with Crippen LogP contribution in [0.2, 0.25) is 0 Å². The van der Waals surface area contributed by atoms with E-state index in [1.807, 2.05) is 22.4 Å². The van der Waals surface area contributed by atoms with Crippen LogP contribution in [0.4, 0.5) is 5.69 Å². The van der Waals surface area contributed by atoms with Gasteiger partial charge in [-0.05, 0) is 35.7 Å². The Bertz CT molecular complexity index is 686. The topological polar surface area (TPSA) is 61.4 Å². The molecule has 1 aliphatic rings. The van der Waals surface area contributed by atoms with Gasteiger partial charge in [0.25, 0.3) is 5.91 Å².